The smallest absolute Gasteiger partial charge is 0.258 e. The number of anilines is 2. The average Bonchev–Trinajstić information content (AvgIpc) is 2.86. The zero-order valence-electron chi connectivity index (χ0n) is 13.2. The first-order chi connectivity index (χ1) is 11.5. The van der Waals surface area contributed by atoms with Crippen molar-refractivity contribution >= 4 is 45.7 Å². The molecule has 0 fully saturated rings. The van der Waals surface area contributed by atoms with E-state index in [2.05, 4.69) is 15.6 Å². The molecule has 0 saturated carbocycles. The van der Waals surface area contributed by atoms with Crippen molar-refractivity contribution in [2.24, 2.45) is 0 Å². The minimum atomic E-state index is -0.237. The highest BCUT2D eigenvalue weighted by atomic mass is 35.5. The first-order valence-corrected chi connectivity index (χ1v) is 7.79. The Balaban J connectivity index is 1.88. The molecule has 6 heteroatoms. The quantitative estimate of drug-likeness (QED) is 0.663. The van der Waals surface area contributed by atoms with Gasteiger partial charge in [-0.2, -0.15) is 0 Å². The molecule has 0 radical (unpaired) electrons. The zero-order chi connectivity index (χ0) is 17.3. The fourth-order valence-electron chi connectivity index (χ4n) is 2.65. The van der Waals surface area contributed by atoms with E-state index in [4.69, 9.17) is 11.6 Å². The van der Waals surface area contributed by atoms with Crippen LogP contribution in [0, 0.1) is 6.92 Å². The summed E-state index contributed by atoms with van der Waals surface area (Å²) in [7, 11) is 0. The Kier molecular flexibility index (Phi) is 4.27. The molecule has 3 rings (SSSR count). The minimum Gasteiger partial charge on any atom is -0.358 e. The monoisotopic (exact) mass is 341 g/mol. The van der Waals surface area contributed by atoms with Gasteiger partial charge in [-0.1, -0.05) is 17.7 Å². The van der Waals surface area contributed by atoms with Gasteiger partial charge in [0.1, 0.15) is 0 Å². The number of aromatic amines is 1. The number of carbonyl (C=O) groups excluding carboxylic acids is 2. The molecule has 2 amide bonds. The third-order valence-corrected chi connectivity index (χ3v) is 3.97. The lowest BCUT2D eigenvalue weighted by Crippen LogP contribution is -2.13. The summed E-state index contributed by atoms with van der Waals surface area (Å²) in [5.41, 5.74) is 3.42. The van der Waals surface area contributed by atoms with Crippen LogP contribution in [0.5, 0.6) is 0 Å². The number of H-pyrrole nitrogens is 1. The fraction of sp³-hybridized carbons (Fsp3) is 0.111. The Bertz CT molecular complexity index is 929. The fourth-order valence-corrected chi connectivity index (χ4v) is 2.92. The van der Waals surface area contributed by atoms with E-state index in [1.807, 2.05) is 19.1 Å². The van der Waals surface area contributed by atoms with Gasteiger partial charge in [-0.05, 0) is 43.3 Å². The number of amides is 2. The van der Waals surface area contributed by atoms with E-state index in [0.29, 0.717) is 27.3 Å². The molecular weight excluding hydrogens is 326 g/mol. The van der Waals surface area contributed by atoms with Gasteiger partial charge in [0.25, 0.3) is 5.91 Å². The maximum Gasteiger partial charge on any atom is 0.258 e. The number of benzene rings is 2. The standard InChI is InChI=1S/C18H16ClN3O2/c1-10-16(17-14(19)4-3-5-15(17)20-10)18(24)22-13-8-6-12(7-9-13)21-11(2)23/h3-9,20H,1-2H3,(H,21,23)(H,22,24). The van der Waals surface area contributed by atoms with Gasteiger partial charge in [0.2, 0.25) is 5.91 Å². The number of halogens is 1. The van der Waals surface area contributed by atoms with Crippen molar-refractivity contribution < 1.29 is 9.59 Å². The molecule has 122 valence electrons. The Labute approximate surface area is 144 Å². The predicted octanol–water partition coefficient (Wildman–Crippen LogP) is 4.34. The van der Waals surface area contributed by atoms with Crippen LogP contribution in [0.4, 0.5) is 11.4 Å². The molecule has 3 N–H and O–H groups in total. The molecule has 0 aliphatic carbocycles. The molecular formula is C18H16ClN3O2. The molecule has 1 heterocycles. The van der Waals surface area contributed by atoms with Crippen LogP contribution in [0.3, 0.4) is 0 Å². The summed E-state index contributed by atoms with van der Waals surface area (Å²) in [5, 5.41) is 6.78. The van der Waals surface area contributed by atoms with Crippen LogP contribution in [0.1, 0.15) is 23.0 Å². The highest BCUT2D eigenvalue weighted by molar-refractivity contribution is 6.37. The van der Waals surface area contributed by atoms with Crippen molar-refractivity contribution in [3.05, 3.63) is 58.7 Å². The van der Waals surface area contributed by atoms with Gasteiger partial charge in [0, 0.05) is 34.9 Å². The number of rotatable bonds is 3. The molecule has 0 bridgehead atoms. The number of carbonyl (C=O) groups is 2. The van der Waals surface area contributed by atoms with Crippen LogP contribution in [0.2, 0.25) is 5.02 Å². The normalized spacial score (nSPS) is 10.6. The van der Waals surface area contributed by atoms with Gasteiger partial charge in [0.05, 0.1) is 10.6 Å². The average molecular weight is 342 g/mol. The van der Waals surface area contributed by atoms with E-state index in [1.165, 1.54) is 6.92 Å². The highest BCUT2D eigenvalue weighted by Crippen LogP contribution is 2.29. The van der Waals surface area contributed by atoms with Crippen molar-refractivity contribution in [1.29, 1.82) is 0 Å². The first-order valence-electron chi connectivity index (χ1n) is 7.41. The maximum absolute atomic E-state index is 12.7. The van der Waals surface area contributed by atoms with Gasteiger partial charge in [-0.25, -0.2) is 0 Å². The molecule has 0 aliphatic rings. The summed E-state index contributed by atoms with van der Waals surface area (Å²) in [6.45, 7) is 3.28. The van der Waals surface area contributed by atoms with Crippen molar-refractivity contribution in [3.63, 3.8) is 0 Å². The molecule has 2 aromatic carbocycles. The highest BCUT2D eigenvalue weighted by Gasteiger charge is 2.18. The Morgan fingerprint density at radius 3 is 2.25 bits per heavy atom. The summed E-state index contributed by atoms with van der Waals surface area (Å²) >= 11 is 6.25. The number of hydrogen-bond acceptors (Lipinski definition) is 2. The molecule has 0 unspecified atom stereocenters. The second-order valence-corrected chi connectivity index (χ2v) is 5.91. The SMILES string of the molecule is CC(=O)Nc1ccc(NC(=O)c2c(C)[nH]c3cccc(Cl)c23)cc1. The largest absolute Gasteiger partial charge is 0.358 e. The van der Waals surface area contributed by atoms with Crippen molar-refractivity contribution in [1.82, 2.24) is 4.98 Å². The molecule has 3 aromatic rings. The lowest BCUT2D eigenvalue weighted by atomic mass is 10.1. The molecule has 0 spiro atoms. The Morgan fingerprint density at radius 1 is 1.00 bits per heavy atom. The van der Waals surface area contributed by atoms with E-state index in [0.717, 1.165) is 11.2 Å². The van der Waals surface area contributed by atoms with Gasteiger partial charge < -0.3 is 15.6 Å². The third kappa shape index (κ3) is 3.12. The van der Waals surface area contributed by atoms with Crippen molar-refractivity contribution in [2.75, 3.05) is 10.6 Å². The number of fused-ring (bicyclic) bond motifs is 1. The van der Waals surface area contributed by atoms with Crippen LogP contribution in [-0.2, 0) is 4.79 Å². The summed E-state index contributed by atoms with van der Waals surface area (Å²) in [5.74, 6) is -0.380. The van der Waals surface area contributed by atoms with Crippen LogP contribution in [-0.4, -0.2) is 16.8 Å². The van der Waals surface area contributed by atoms with Gasteiger partial charge in [-0.15, -0.1) is 0 Å². The van der Waals surface area contributed by atoms with Gasteiger partial charge in [-0.3, -0.25) is 9.59 Å². The predicted molar refractivity (Wildman–Crippen MR) is 96.7 cm³/mol. The molecule has 0 atom stereocenters. The Morgan fingerprint density at radius 2 is 1.62 bits per heavy atom. The lowest BCUT2D eigenvalue weighted by molar-refractivity contribution is -0.114. The van der Waals surface area contributed by atoms with Crippen LogP contribution < -0.4 is 10.6 Å². The summed E-state index contributed by atoms with van der Waals surface area (Å²) in [4.78, 5) is 26.9. The third-order valence-electron chi connectivity index (χ3n) is 3.65. The van der Waals surface area contributed by atoms with E-state index >= 15 is 0 Å². The number of aryl methyl sites for hydroxylation is 1. The topological polar surface area (TPSA) is 74.0 Å². The minimum absolute atomic E-state index is 0.143. The van der Waals surface area contributed by atoms with E-state index in [-0.39, 0.29) is 11.8 Å². The van der Waals surface area contributed by atoms with Gasteiger partial charge >= 0.3 is 0 Å². The molecule has 24 heavy (non-hydrogen) atoms. The van der Waals surface area contributed by atoms with Gasteiger partial charge in [0.15, 0.2) is 0 Å². The van der Waals surface area contributed by atoms with Crippen LogP contribution >= 0.6 is 11.6 Å². The second kappa shape index (κ2) is 6.37. The molecule has 1 aromatic heterocycles. The second-order valence-electron chi connectivity index (χ2n) is 5.50. The summed E-state index contributed by atoms with van der Waals surface area (Å²) in [6, 6.07) is 12.4. The van der Waals surface area contributed by atoms with Crippen LogP contribution in [0.15, 0.2) is 42.5 Å². The summed E-state index contributed by atoms with van der Waals surface area (Å²) in [6.07, 6.45) is 0. The van der Waals surface area contributed by atoms with Crippen molar-refractivity contribution in [3.8, 4) is 0 Å². The zero-order valence-corrected chi connectivity index (χ0v) is 14.0. The number of nitrogens with one attached hydrogen (secondary N) is 3. The van der Waals surface area contributed by atoms with Crippen molar-refractivity contribution in [2.45, 2.75) is 13.8 Å². The van der Waals surface area contributed by atoms with E-state index in [9.17, 15) is 9.59 Å². The molecule has 0 saturated heterocycles. The number of hydrogen-bond donors (Lipinski definition) is 3. The molecule has 5 nitrogen and oxygen atoms in total. The molecule has 0 aliphatic heterocycles. The van der Waals surface area contributed by atoms with E-state index in [1.54, 1.807) is 30.3 Å². The number of aromatic nitrogens is 1. The summed E-state index contributed by atoms with van der Waals surface area (Å²) < 4.78 is 0. The first kappa shape index (κ1) is 16.1. The Hall–Kier alpha value is -2.79. The van der Waals surface area contributed by atoms with Crippen LogP contribution in [0.25, 0.3) is 10.9 Å². The lowest BCUT2D eigenvalue weighted by Gasteiger charge is -2.08. The maximum atomic E-state index is 12.7. The van der Waals surface area contributed by atoms with E-state index < -0.39 is 0 Å².